The maximum Gasteiger partial charge on any atom is 0.519 e. The van der Waals surface area contributed by atoms with Gasteiger partial charge in [-0.1, -0.05) is 20.3 Å². The van der Waals surface area contributed by atoms with Gasteiger partial charge in [0, 0.05) is 0 Å². The van der Waals surface area contributed by atoms with Crippen LogP contribution in [0.3, 0.4) is 0 Å². The quantitative estimate of drug-likeness (QED) is 0.413. The summed E-state index contributed by atoms with van der Waals surface area (Å²) in [5, 5.41) is 0. The second-order valence-corrected chi connectivity index (χ2v) is 4.02. The lowest BCUT2D eigenvalue weighted by Gasteiger charge is -2.21. The maximum absolute atomic E-state index is 11.1. The summed E-state index contributed by atoms with van der Waals surface area (Å²) in [7, 11) is 0. The minimum Gasteiger partial charge on any atom is -0.434 e. The Labute approximate surface area is 96.1 Å². The van der Waals surface area contributed by atoms with Crippen molar-refractivity contribution in [3.63, 3.8) is 0 Å². The second-order valence-electron chi connectivity index (χ2n) is 4.02. The van der Waals surface area contributed by atoms with Crippen molar-refractivity contribution in [3.8, 4) is 0 Å². The van der Waals surface area contributed by atoms with Crippen molar-refractivity contribution in [3.05, 3.63) is 0 Å². The summed E-state index contributed by atoms with van der Waals surface area (Å²) in [6.07, 6.45) is 0.247. The molecule has 0 fully saturated rings. The molecule has 5 nitrogen and oxygen atoms in total. The molecule has 0 spiro atoms. The van der Waals surface area contributed by atoms with Gasteiger partial charge in [-0.3, -0.25) is 0 Å². The van der Waals surface area contributed by atoms with Crippen molar-refractivity contribution >= 4 is 12.3 Å². The minimum absolute atomic E-state index is 0.250. The average Bonchev–Trinajstić information content (AvgIpc) is 2.17. The van der Waals surface area contributed by atoms with Crippen molar-refractivity contribution < 1.29 is 23.8 Å². The van der Waals surface area contributed by atoms with Crippen LogP contribution in [-0.4, -0.2) is 24.5 Å². The molecule has 0 unspecified atom stereocenters. The number of carbonyl (C=O) groups excluding carboxylic acids is 2. The smallest absolute Gasteiger partial charge is 0.434 e. The monoisotopic (exact) mass is 232 g/mol. The van der Waals surface area contributed by atoms with Crippen LogP contribution < -0.4 is 0 Å². The molecule has 0 N–H and O–H groups in total. The van der Waals surface area contributed by atoms with Gasteiger partial charge in [0.2, 0.25) is 0 Å². The first-order valence-corrected chi connectivity index (χ1v) is 5.49. The molecule has 0 amide bonds. The largest absolute Gasteiger partial charge is 0.519 e. The van der Waals surface area contributed by atoms with E-state index in [1.807, 2.05) is 13.8 Å². The van der Waals surface area contributed by atoms with Gasteiger partial charge in [-0.15, -0.1) is 0 Å². The van der Waals surface area contributed by atoms with Gasteiger partial charge in [-0.2, -0.15) is 0 Å². The van der Waals surface area contributed by atoms with E-state index >= 15 is 0 Å². The first-order valence-electron chi connectivity index (χ1n) is 5.49. The van der Waals surface area contributed by atoms with Crippen molar-refractivity contribution in [1.29, 1.82) is 0 Å². The molecule has 0 radical (unpaired) electrons. The zero-order valence-corrected chi connectivity index (χ0v) is 10.4. The molecule has 0 saturated carbocycles. The van der Waals surface area contributed by atoms with Crippen molar-refractivity contribution in [2.75, 3.05) is 6.61 Å². The Hall–Kier alpha value is -1.26. The third kappa shape index (κ3) is 7.09. The SMILES string of the molecule is CCCCOC(=O)OC(=O)OC(C)(C)CC. The summed E-state index contributed by atoms with van der Waals surface area (Å²) in [6.45, 7) is 7.55. The standard InChI is InChI=1S/C11H20O5/c1-5-7-8-14-9(12)15-10(13)16-11(3,4)6-2/h5-8H2,1-4H3. The Bertz CT molecular complexity index is 235. The molecular weight excluding hydrogens is 212 g/mol. The summed E-state index contributed by atoms with van der Waals surface area (Å²) in [5.74, 6) is 0. The summed E-state index contributed by atoms with van der Waals surface area (Å²) in [4.78, 5) is 22.1. The molecule has 0 rings (SSSR count). The van der Waals surface area contributed by atoms with Gasteiger partial charge < -0.3 is 14.2 Å². The molecule has 16 heavy (non-hydrogen) atoms. The van der Waals surface area contributed by atoms with Gasteiger partial charge in [0.05, 0.1) is 6.61 Å². The minimum atomic E-state index is -1.02. The Morgan fingerprint density at radius 1 is 1.12 bits per heavy atom. The lowest BCUT2D eigenvalue weighted by atomic mass is 10.1. The Kier molecular flexibility index (Phi) is 6.53. The molecule has 0 saturated heterocycles. The molecule has 0 aliphatic rings. The number of hydrogen-bond donors (Lipinski definition) is 0. The fourth-order valence-corrected chi connectivity index (χ4v) is 0.716. The van der Waals surface area contributed by atoms with Gasteiger partial charge in [-0.25, -0.2) is 9.59 Å². The molecule has 0 aliphatic carbocycles. The van der Waals surface area contributed by atoms with Crippen LogP contribution in [0.25, 0.3) is 0 Å². The normalized spacial score (nSPS) is 10.8. The first-order chi connectivity index (χ1) is 7.41. The zero-order valence-electron chi connectivity index (χ0n) is 10.4. The van der Waals surface area contributed by atoms with Crippen molar-refractivity contribution in [2.24, 2.45) is 0 Å². The van der Waals surface area contributed by atoms with Crippen LogP contribution in [0.4, 0.5) is 9.59 Å². The van der Waals surface area contributed by atoms with Gasteiger partial charge in [0.15, 0.2) is 0 Å². The van der Waals surface area contributed by atoms with Crippen LogP contribution in [0.5, 0.6) is 0 Å². The topological polar surface area (TPSA) is 61.8 Å². The van der Waals surface area contributed by atoms with Gasteiger partial charge in [0.25, 0.3) is 0 Å². The summed E-state index contributed by atoms with van der Waals surface area (Å²) in [6, 6.07) is 0. The highest BCUT2D eigenvalue weighted by Crippen LogP contribution is 2.14. The van der Waals surface area contributed by atoms with Gasteiger partial charge >= 0.3 is 12.3 Å². The molecule has 0 aliphatic heterocycles. The summed E-state index contributed by atoms with van der Waals surface area (Å²) >= 11 is 0. The lowest BCUT2D eigenvalue weighted by molar-refractivity contribution is -0.0172. The molecule has 94 valence electrons. The molecule has 0 aromatic rings. The average molecular weight is 232 g/mol. The Morgan fingerprint density at radius 2 is 1.75 bits per heavy atom. The van der Waals surface area contributed by atoms with Crippen LogP contribution in [0.1, 0.15) is 47.0 Å². The predicted octanol–water partition coefficient (Wildman–Crippen LogP) is 3.26. The van der Waals surface area contributed by atoms with E-state index in [2.05, 4.69) is 9.47 Å². The number of rotatable bonds is 5. The van der Waals surface area contributed by atoms with E-state index in [1.54, 1.807) is 13.8 Å². The van der Waals surface area contributed by atoms with E-state index in [9.17, 15) is 9.59 Å². The number of carbonyl (C=O) groups is 2. The van der Waals surface area contributed by atoms with Gasteiger partial charge in [0.1, 0.15) is 5.60 Å². The molecule has 0 heterocycles. The van der Waals surface area contributed by atoms with Crippen molar-refractivity contribution in [2.45, 2.75) is 52.6 Å². The third-order valence-electron chi connectivity index (χ3n) is 2.10. The molecule has 0 atom stereocenters. The van der Waals surface area contributed by atoms with E-state index < -0.39 is 17.9 Å². The zero-order chi connectivity index (χ0) is 12.6. The lowest BCUT2D eigenvalue weighted by Crippen LogP contribution is -2.28. The van der Waals surface area contributed by atoms with Crippen molar-refractivity contribution in [1.82, 2.24) is 0 Å². The second kappa shape index (κ2) is 7.09. The first kappa shape index (κ1) is 14.7. The highest BCUT2D eigenvalue weighted by Gasteiger charge is 2.23. The molecule has 0 aromatic heterocycles. The van der Waals surface area contributed by atoms with E-state index in [-0.39, 0.29) is 6.61 Å². The molecule has 0 aromatic carbocycles. The van der Waals surface area contributed by atoms with E-state index in [1.165, 1.54) is 0 Å². The Balaban J connectivity index is 3.83. The highest BCUT2D eigenvalue weighted by molar-refractivity contribution is 5.77. The number of hydrogen-bond acceptors (Lipinski definition) is 5. The Morgan fingerprint density at radius 3 is 2.25 bits per heavy atom. The molecular formula is C11H20O5. The van der Waals surface area contributed by atoms with Crippen LogP contribution in [-0.2, 0) is 14.2 Å². The van der Waals surface area contributed by atoms with Crippen LogP contribution in [0, 0.1) is 0 Å². The van der Waals surface area contributed by atoms with Gasteiger partial charge in [-0.05, 0) is 26.7 Å². The number of ether oxygens (including phenoxy) is 3. The maximum atomic E-state index is 11.1. The van der Waals surface area contributed by atoms with E-state index in [0.717, 1.165) is 12.8 Å². The fourth-order valence-electron chi connectivity index (χ4n) is 0.716. The van der Waals surface area contributed by atoms with Crippen LogP contribution >= 0.6 is 0 Å². The molecule has 5 heteroatoms. The summed E-state index contributed by atoms with van der Waals surface area (Å²) < 4.78 is 13.9. The third-order valence-corrected chi connectivity index (χ3v) is 2.10. The number of unbranched alkanes of at least 4 members (excludes halogenated alkanes) is 1. The molecule has 0 bridgehead atoms. The van der Waals surface area contributed by atoms with Crippen LogP contribution in [0.15, 0.2) is 0 Å². The summed E-state index contributed by atoms with van der Waals surface area (Å²) in [5.41, 5.74) is -0.638. The predicted molar refractivity (Wildman–Crippen MR) is 58.2 cm³/mol. The van der Waals surface area contributed by atoms with E-state index in [4.69, 9.17) is 4.74 Å². The highest BCUT2D eigenvalue weighted by atomic mass is 16.8. The van der Waals surface area contributed by atoms with Crippen LogP contribution in [0.2, 0.25) is 0 Å². The van der Waals surface area contributed by atoms with E-state index in [0.29, 0.717) is 6.42 Å². The fraction of sp³-hybridized carbons (Fsp3) is 0.818.